The number of halogens is 4. The Labute approximate surface area is 247 Å². The van der Waals surface area contributed by atoms with Crippen LogP contribution in [0.2, 0.25) is 0 Å². The minimum atomic E-state index is -1.32. The van der Waals surface area contributed by atoms with Gasteiger partial charge in [0.05, 0.1) is 41.1 Å². The Morgan fingerprint density at radius 3 is 2.52 bits per heavy atom. The van der Waals surface area contributed by atoms with Crippen LogP contribution in [0.25, 0.3) is 22.3 Å². The smallest absolute Gasteiger partial charge is 0.335 e. The molecule has 1 aliphatic rings. The van der Waals surface area contributed by atoms with Crippen LogP contribution in [0.3, 0.4) is 0 Å². The third kappa shape index (κ3) is 5.67. The quantitative estimate of drug-likeness (QED) is 0.217. The normalized spacial score (nSPS) is 14.3. The molecule has 9 nitrogen and oxygen atoms in total. The lowest BCUT2D eigenvalue weighted by Crippen LogP contribution is -2.31. The molecule has 222 valence electrons. The third-order valence-electron chi connectivity index (χ3n) is 7.25. The number of carboxylic acid groups (broad SMARTS) is 1. The highest BCUT2D eigenvalue weighted by Crippen LogP contribution is 2.29. The minimum Gasteiger partial charge on any atom is -0.478 e. The van der Waals surface area contributed by atoms with Crippen molar-refractivity contribution in [3.8, 4) is 23.3 Å². The largest absolute Gasteiger partial charge is 0.478 e. The van der Waals surface area contributed by atoms with E-state index in [-0.39, 0.29) is 82.1 Å². The molecule has 0 saturated carbocycles. The number of benzene rings is 3. The summed E-state index contributed by atoms with van der Waals surface area (Å²) in [7, 11) is 0. The summed E-state index contributed by atoms with van der Waals surface area (Å²) >= 11 is 0. The van der Waals surface area contributed by atoms with Crippen LogP contribution in [-0.2, 0) is 24.3 Å². The van der Waals surface area contributed by atoms with Gasteiger partial charge < -0.3 is 19.1 Å². The first-order valence-corrected chi connectivity index (χ1v) is 13.4. The maximum atomic E-state index is 15.4. The second-order valence-electron chi connectivity index (χ2n) is 10.1. The van der Waals surface area contributed by atoms with Crippen LogP contribution < -0.4 is 4.74 Å². The summed E-state index contributed by atoms with van der Waals surface area (Å²) in [5, 5.41) is 18.3. The lowest BCUT2D eigenvalue weighted by Gasteiger charge is -2.27. The number of aromatic carboxylic acids is 1. The first-order chi connectivity index (χ1) is 21.2. The van der Waals surface area contributed by atoms with Crippen molar-refractivity contribution in [3.05, 3.63) is 106 Å². The fraction of sp³-hybridized carbons (Fsp3) is 0.194. The molecule has 6 rings (SSSR count). The average Bonchev–Trinajstić information content (AvgIpc) is 3.33. The summed E-state index contributed by atoms with van der Waals surface area (Å²) in [6.45, 7) is 0.510. The van der Waals surface area contributed by atoms with E-state index in [0.717, 1.165) is 30.7 Å². The van der Waals surface area contributed by atoms with Crippen molar-refractivity contribution < 1.29 is 36.9 Å². The van der Waals surface area contributed by atoms with Gasteiger partial charge in [0.1, 0.15) is 35.4 Å². The number of imidazole rings is 1. The highest BCUT2D eigenvalue weighted by Gasteiger charge is 2.25. The molecule has 0 bridgehead atoms. The molecule has 1 N–H and O–H groups in total. The summed E-state index contributed by atoms with van der Waals surface area (Å²) < 4.78 is 72.4. The van der Waals surface area contributed by atoms with E-state index < -0.39 is 29.2 Å². The van der Waals surface area contributed by atoms with Crippen LogP contribution >= 0.6 is 0 Å². The average molecular weight is 604 g/mol. The molecule has 0 spiro atoms. The summed E-state index contributed by atoms with van der Waals surface area (Å²) in [4.78, 5) is 23.9. The van der Waals surface area contributed by atoms with E-state index in [2.05, 4.69) is 15.0 Å². The summed E-state index contributed by atoms with van der Waals surface area (Å²) in [6, 6.07) is 11.0. The van der Waals surface area contributed by atoms with Crippen molar-refractivity contribution in [2.75, 3.05) is 6.61 Å². The molecule has 0 radical (unpaired) electrons. The van der Waals surface area contributed by atoms with Gasteiger partial charge in [-0.3, -0.25) is 0 Å². The standard InChI is InChI=1S/C31H21F4N5O4/c32-22-7-16(13-36)1-2-17(22)15-44-31-37-5-3-26(38-31)21-12-23(33)18(8-24(21)34)11-28-39-29-25(35)9-19(30(41)42)10-27(29)40(28)14-20-4-6-43-20/h1-3,5,7-10,12,20H,4,6,11,14-15H2,(H,41,42)/t20-/m0/s1. The zero-order chi connectivity index (χ0) is 31.0. The van der Waals surface area contributed by atoms with E-state index in [4.69, 9.17) is 14.7 Å². The molecule has 1 fully saturated rings. The van der Waals surface area contributed by atoms with Crippen LogP contribution in [0.5, 0.6) is 6.01 Å². The van der Waals surface area contributed by atoms with Gasteiger partial charge in [-0.15, -0.1) is 0 Å². The molecular formula is C31H21F4N5O4. The zero-order valence-electron chi connectivity index (χ0n) is 22.7. The Morgan fingerprint density at radius 1 is 1.02 bits per heavy atom. The highest BCUT2D eigenvalue weighted by atomic mass is 19.1. The van der Waals surface area contributed by atoms with E-state index in [0.29, 0.717) is 6.61 Å². The van der Waals surface area contributed by atoms with Gasteiger partial charge in [-0.1, -0.05) is 6.07 Å². The summed E-state index contributed by atoms with van der Waals surface area (Å²) in [6.07, 6.45) is 1.57. The number of aromatic nitrogens is 4. The van der Waals surface area contributed by atoms with Gasteiger partial charge >= 0.3 is 12.0 Å². The van der Waals surface area contributed by atoms with Gasteiger partial charge in [-0.2, -0.15) is 10.2 Å². The number of rotatable bonds is 9. The third-order valence-corrected chi connectivity index (χ3v) is 7.25. The van der Waals surface area contributed by atoms with Crippen LogP contribution in [0, 0.1) is 34.6 Å². The number of hydrogen-bond acceptors (Lipinski definition) is 7. The Balaban J connectivity index is 1.28. The number of nitrogens with zero attached hydrogens (tertiary/aromatic N) is 5. The first-order valence-electron chi connectivity index (χ1n) is 13.4. The van der Waals surface area contributed by atoms with Crippen molar-refractivity contribution >= 4 is 17.0 Å². The van der Waals surface area contributed by atoms with Crippen molar-refractivity contribution in [1.29, 1.82) is 5.26 Å². The van der Waals surface area contributed by atoms with Gasteiger partial charge in [0.25, 0.3) is 0 Å². The number of carboxylic acids is 1. The SMILES string of the molecule is N#Cc1ccc(COc2nccc(-c3cc(F)c(Cc4nc5c(F)cc(C(=O)O)cc5n4C[C@@H]4CCO4)cc3F)n2)c(F)c1. The Kier molecular flexibility index (Phi) is 7.67. The topological polar surface area (TPSA) is 123 Å². The van der Waals surface area contributed by atoms with Gasteiger partial charge in [0.15, 0.2) is 5.82 Å². The lowest BCUT2D eigenvalue weighted by atomic mass is 10.0. The summed E-state index contributed by atoms with van der Waals surface area (Å²) in [5.41, 5.74) is -0.0985. The molecule has 5 aromatic rings. The van der Waals surface area contributed by atoms with Gasteiger partial charge in [-0.25, -0.2) is 32.3 Å². The molecule has 3 heterocycles. The number of carbonyl (C=O) groups is 1. The van der Waals surface area contributed by atoms with Crippen molar-refractivity contribution in [1.82, 2.24) is 19.5 Å². The number of nitriles is 1. The molecule has 0 amide bonds. The number of fused-ring (bicyclic) bond motifs is 1. The predicted octanol–water partition coefficient (Wildman–Crippen LogP) is 5.58. The van der Waals surface area contributed by atoms with E-state index in [9.17, 15) is 18.7 Å². The van der Waals surface area contributed by atoms with Crippen molar-refractivity contribution in [3.63, 3.8) is 0 Å². The fourth-order valence-electron chi connectivity index (χ4n) is 4.85. The van der Waals surface area contributed by atoms with Gasteiger partial charge in [-0.05, 0) is 54.4 Å². The molecule has 13 heteroatoms. The van der Waals surface area contributed by atoms with Crippen LogP contribution in [0.15, 0.2) is 54.7 Å². The Hall–Kier alpha value is -5.35. The monoisotopic (exact) mass is 603 g/mol. The van der Waals surface area contributed by atoms with Crippen molar-refractivity contribution in [2.45, 2.75) is 32.1 Å². The molecule has 1 atom stereocenters. The number of ether oxygens (including phenoxy) is 2. The maximum Gasteiger partial charge on any atom is 0.335 e. The van der Waals surface area contributed by atoms with E-state index in [1.54, 1.807) is 4.57 Å². The van der Waals surface area contributed by atoms with E-state index in [1.165, 1.54) is 30.5 Å². The molecule has 44 heavy (non-hydrogen) atoms. The Morgan fingerprint density at radius 2 is 1.82 bits per heavy atom. The first kappa shape index (κ1) is 28.8. The van der Waals surface area contributed by atoms with Crippen LogP contribution in [0.1, 0.15) is 39.3 Å². The lowest BCUT2D eigenvalue weighted by molar-refractivity contribution is -0.0589. The second kappa shape index (κ2) is 11.7. The van der Waals surface area contributed by atoms with Crippen LogP contribution in [-0.4, -0.2) is 43.3 Å². The summed E-state index contributed by atoms with van der Waals surface area (Å²) in [5.74, 6) is -4.21. The Bertz CT molecular complexity index is 1970. The molecule has 2 aromatic heterocycles. The molecule has 1 aliphatic heterocycles. The predicted molar refractivity (Wildman–Crippen MR) is 147 cm³/mol. The number of hydrogen-bond donors (Lipinski definition) is 1. The highest BCUT2D eigenvalue weighted by molar-refractivity contribution is 5.92. The van der Waals surface area contributed by atoms with Crippen molar-refractivity contribution in [2.24, 2.45) is 0 Å². The molecule has 0 unspecified atom stereocenters. The molecule has 1 saturated heterocycles. The zero-order valence-corrected chi connectivity index (χ0v) is 22.7. The molecular weight excluding hydrogens is 582 g/mol. The van der Waals surface area contributed by atoms with E-state index >= 15 is 8.78 Å². The van der Waals surface area contributed by atoms with Gasteiger partial charge in [0.2, 0.25) is 0 Å². The maximum absolute atomic E-state index is 15.4. The molecule has 0 aliphatic carbocycles. The molecule has 3 aromatic carbocycles. The fourth-order valence-corrected chi connectivity index (χ4v) is 4.85. The minimum absolute atomic E-state index is 0.0101. The van der Waals surface area contributed by atoms with E-state index in [1.807, 2.05) is 6.07 Å². The second-order valence-corrected chi connectivity index (χ2v) is 10.1. The van der Waals surface area contributed by atoms with Gasteiger partial charge in [0, 0.05) is 30.4 Å². The van der Waals surface area contributed by atoms with Crippen LogP contribution in [0.4, 0.5) is 17.6 Å².